The van der Waals surface area contributed by atoms with Crippen molar-refractivity contribution in [1.82, 2.24) is 0 Å². The zero-order valence-electron chi connectivity index (χ0n) is 28.5. The highest BCUT2D eigenvalue weighted by Crippen LogP contribution is 2.49. The molecular weight excluding hydrogens is 665 g/mol. The van der Waals surface area contributed by atoms with E-state index in [0.29, 0.717) is 0 Å². The number of hydrogen-bond donors (Lipinski definition) is 0. The van der Waals surface area contributed by atoms with E-state index in [1.165, 1.54) is 54.2 Å². The van der Waals surface area contributed by atoms with E-state index >= 15 is 0 Å². The third-order valence-electron chi connectivity index (χ3n) is 10.9. The zero-order valence-corrected chi connectivity index (χ0v) is 29.4. The Kier molecular flexibility index (Phi) is 6.75. The van der Waals surface area contributed by atoms with Crippen LogP contribution in [-0.2, 0) is 11.2 Å². The van der Waals surface area contributed by atoms with Gasteiger partial charge in [0.1, 0.15) is 11.2 Å². The summed E-state index contributed by atoms with van der Waals surface area (Å²) in [6.45, 7) is 0. The maximum atomic E-state index is 14.0. The third kappa shape index (κ3) is 4.51. The lowest BCUT2D eigenvalue weighted by Crippen LogP contribution is -2.03. The van der Waals surface area contributed by atoms with E-state index in [1.807, 2.05) is 36.4 Å². The van der Waals surface area contributed by atoms with Crippen molar-refractivity contribution in [3.05, 3.63) is 182 Å². The summed E-state index contributed by atoms with van der Waals surface area (Å²) in [6.07, 6.45) is 0. The monoisotopic (exact) mass is 694 g/mol. The summed E-state index contributed by atoms with van der Waals surface area (Å²) in [5.41, 5.74) is 6.42. The molecular formula is C50H30O2S. The lowest BCUT2D eigenvalue weighted by Gasteiger charge is -2.20. The highest BCUT2D eigenvalue weighted by atomic mass is 32.2. The minimum atomic E-state index is -1.32. The Morgan fingerprint density at radius 2 is 0.849 bits per heavy atom. The van der Waals surface area contributed by atoms with Gasteiger partial charge in [0.05, 0.1) is 0 Å². The van der Waals surface area contributed by atoms with Crippen molar-refractivity contribution < 1.29 is 8.97 Å². The number of benzene rings is 10. The van der Waals surface area contributed by atoms with Crippen molar-refractivity contribution in [1.29, 1.82) is 0 Å². The number of rotatable bonds is 4. The number of furan rings is 1. The minimum Gasteiger partial charge on any atom is -0.606 e. The summed E-state index contributed by atoms with van der Waals surface area (Å²) < 4.78 is 20.7. The molecule has 2 nitrogen and oxygen atoms in total. The van der Waals surface area contributed by atoms with Gasteiger partial charge in [0.15, 0.2) is 9.79 Å². The van der Waals surface area contributed by atoms with Crippen LogP contribution in [0.3, 0.4) is 0 Å². The molecule has 1 unspecified atom stereocenters. The molecule has 0 amide bonds. The van der Waals surface area contributed by atoms with Gasteiger partial charge in [-0.2, -0.15) is 0 Å². The summed E-state index contributed by atoms with van der Waals surface area (Å²) in [7, 11) is 0. The topological polar surface area (TPSA) is 36.2 Å². The largest absolute Gasteiger partial charge is 0.606 e. The summed E-state index contributed by atoms with van der Waals surface area (Å²) in [6, 6.07) is 63.8. The van der Waals surface area contributed by atoms with Crippen molar-refractivity contribution in [3.63, 3.8) is 0 Å². The first-order valence-corrected chi connectivity index (χ1v) is 19.1. The standard InChI is InChI=1S/C50H30O2S/c51-53(32-15-2-1-3-16-32)46-29-27-42(34-18-6-8-20-36(34)46)47-38-22-10-12-24-40(38)48(41-25-13-11-23-39(41)47)43-30-45-50(37-21-9-7-19-35(37)43)49-33-17-5-4-14-31(33)26-28-44(49)52-45/h1-30H. The van der Waals surface area contributed by atoms with Crippen LogP contribution in [0, 0.1) is 0 Å². The van der Waals surface area contributed by atoms with Gasteiger partial charge in [-0.3, -0.25) is 0 Å². The van der Waals surface area contributed by atoms with Crippen LogP contribution < -0.4 is 0 Å². The number of fused-ring (bicyclic) bond motifs is 10. The maximum absolute atomic E-state index is 14.0. The Bertz CT molecular complexity index is 3190. The lowest BCUT2D eigenvalue weighted by molar-refractivity contribution is 0.596. The molecule has 248 valence electrons. The van der Waals surface area contributed by atoms with Crippen molar-refractivity contribution in [3.8, 4) is 22.3 Å². The molecule has 0 bridgehead atoms. The molecule has 0 saturated heterocycles. The van der Waals surface area contributed by atoms with Gasteiger partial charge < -0.3 is 8.97 Å². The third-order valence-corrected chi connectivity index (χ3v) is 12.3. The van der Waals surface area contributed by atoms with Gasteiger partial charge in [0, 0.05) is 27.3 Å². The second kappa shape index (κ2) is 11.8. The van der Waals surface area contributed by atoms with E-state index < -0.39 is 11.2 Å². The molecule has 0 saturated carbocycles. The van der Waals surface area contributed by atoms with Gasteiger partial charge in [0.2, 0.25) is 0 Å². The number of hydrogen-bond acceptors (Lipinski definition) is 2. The predicted octanol–water partition coefficient (Wildman–Crippen LogP) is 13.9. The normalized spacial score (nSPS) is 12.5. The SMILES string of the molecule is [O-][S+](c1ccccc1)c1ccc(-c2c3ccccc3c(-c3cc4oc5ccc6ccccc6c5c4c4ccccc34)c3ccccc23)c2ccccc12. The molecule has 11 aromatic rings. The molecule has 53 heavy (non-hydrogen) atoms. The van der Waals surface area contributed by atoms with Crippen LogP contribution in [0.2, 0.25) is 0 Å². The van der Waals surface area contributed by atoms with Gasteiger partial charge in [0.25, 0.3) is 0 Å². The molecule has 0 aliphatic carbocycles. The van der Waals surface area contributed by atoms with Crippen molar-refractivity contribution in [2.24, 2.45) is 0 Å². The first-order valence-electron chi connectivity index (χ1n) is 17.9. The van der Waals surface area contributed by atoms with E-state index in [2.05, 4.69) is 146 Å². The van der Waals surface area contributed by atoms with Crippen molar-refractivity contribution in [2.45, 2.75) is 9.79 Å². The minimum absolute atomic E-state index is 0.799. The van der Waals surface area contributed by atoms with Crippen LogP contribution in [0.4, 0.5) is 0 Å². The summed E-state index contributed by atoms with van der Waals surface area (Å²) in [5.74, 6) is 0. The van der Waals surface area contributed by atoms with E-state index in [-0.39, 0.29) is 0 Å². The summed E-state index contributed by atoms with van der Waals surface area (Å²) in [5, 5.41) is 13.9. The molecule has 3 heteroatoms. The summed E-state index contributed by atoms with van der Waals surface area (Å²) >= 11 is -1.32. The highest BCUT2D eigenvalue weighted by Gasteiger charge is 2.24. The Balaban J connectivity index is 1.23. The van der Waals surface area contributed by atoms with Crippen LogP contribution in [-0.4, -0.2) is 4.55 Å². The van der Waals surface area contributed by atoms with Gasteiger partial charge >= 0.3 is 0 Å². The van der Waals surface area contributed by atoms with Crippen LogP contribution >= 0.6 is 0 Å². The molecule has 0 radical (unpaired) electrons. The van der Waals surface area contributed by atoms with Crippen LogP contribution in [0.15, 0.2) is 196 Å². The second-order valence-electron chi connectivity index (χ2n) is 13.7. The van der Waals surface area contributed by atoms with Gasteiger partial charge in [-0.1, -0.05) is 140 Å². The molecule has 0 fully saturated rings. The molecule has 10 aromatic carbocycles. The smallest absolute Gasteiger partial charge is 0.166 e. The van der Waals surface area contributed by atoms with Gasteiger partial charge in [-0.25, -0.2) is 0 Å². The van der Waals surface area contributed by atoms with E-state index in [1.54, 1.807) is 0 Å². The maximum Gasteiger partial charge on any atom is 0.166 e. The van der Waals surface area contributed by atoms with Gasteiger partial charge in [-0.05, 0) is 113 Å². The fourth-order valence-electron chi connectivity index (χ4n) is 8.64. The van der Waals surface area contributed by atoms with E-state index in [9.17, 15) is 4.55 Å². The Hall–Kier alpha value is -6.39. The lowest BCUT2D eigenvalue weighted by atomic mass is 9.83. The molecule has 0 aliphatic heterocycles. The quantitative estimate of drug-likeness (QED) is 0.136. The fourth-order valence-corrected chi connectivity index (χ4v) is 9.87. The second-order valence-corrected chi connectivity index (χ2v) is 15.1. The Morgan fingerprint density at radius 1 is 0.358 bits per heavy atom. The first-order chi connectivity index (χ1) is 26.2. The van der Waals surface area contributed by atoms with Gasteiger partial charge in [-0.15, -0.1) is 0 Å². The zero-order chi connectivity index (χ0) is 35.0. The molecule has 0 N–H and O–H groups in total. The average Bonchev–Trinajstić information content (AvgIpc) is 3.62. The summed E-state index contributed by atoms with van der Waals surface area (Å²) in [4.78, 5) is 1.62. The highest BCUT2D eigenvalue weighted by molar-refractivity contribution is 7.91. The Labute approximate surface area is 308 Å². The molecule has 1 heterocycles. The van der Waals surface area contributed by atoms with Crippen molar-refractivity contribution >= 4 is 87.0 Å². The molecule has 1 aromatic heterocycles. The van der Waals surface area contributed by atoms with Crippen LogP contribution in [0.25, 0.3) is 98.1 Å². The molecule has 1 atom stereocenters. The molecule has 0 aliphatic rings. The Morgan fingerprint density at radius 3 is 1.51 bits per heavy atom. The molecule has 11 rings (SSSR count). The predicted molar refractivity (Wildman–Crippen MR) is 223 cm³/mol. The molecule has 0 spiro atoms. The van der Waals surface area contributed by atoms with E-state index in [4.69, 9.17) is 4.42 Å². The fraction of sp³-hybridized carbons (Fsp3) is 0. The first kappa shape index (κ1) is 30.3. The van der Waals surface area contributed by atoms with E-state index in [0.717, 1.165) is 53.6 Å². The van der Waals surface area contributed by atoms with Crippen molar-refractivity contribution in [2.75, 3.05) is 0 Å². The van der Waals surface area contributed by atoms with Crippen LogP contribution in [0.5, 0.6) is 0 Å². The van der Waals surface area contributed by atoms with Crippen LogP contribution in [0.1, 0.15) is 0 Å². The average molecular weight is 695 g/mol.